The first-order chi connectivity index (χ1) is 4.93. The smallest absolute Gasteiger partial charge is 0.0116 e. The fraction of sp³-hybridized carbons (Fsp3) is 0.111. The highest BCUT2D eigenvalue weighted by molar-refractivity contribution is 8.02. The Kier molecular flexibility index (Phi) is 3.10. The molecule has 0 spiro atoms. The van der Waals surface area contributed by atoms with Crippen LogP contribution >= 0.6 is 11.8 Å². The molecule has 0 N–H and O–H groups in total. The fourth-order valence-corrected chi connectivity index (χ4v) is 1.25. The minimum Gasteiger partial charge on any atom is -0.0984 e. The summed E-state index contributed by atoms with van der Waals surface area (Å²) in [5, 5.41) is 2.08. The molecule has 0 aliphatic rings. The number of allylic oxidation sites excluding steroid dienone is 1. The van der Waals surface area contributed by atoms with Crippen LogP contribution in [0.5, 0.6) is 0 Å². The van der Waals surface area contributed by atoms with Gasteiger partial charge in [-0.25, -0.2) is 0 Å². The second kappa shape index (κ2) is 4.18. The monoisotopic (exact) mass is 150 g/mol. The van der Waals surface area contributed by atoms with Crippen LogP contribution in [-0.2, 0) is 0 Å². The lowest BCUT2D eigenvalue weighted by Gasteiger charge is -1.91. The molecule has 52 valence electrons. The SMILES string of the molecule is C/C=C/Sc1ccccc1. The summed E-state index contributed by atoms with van der Waals surface area (Å²) in [6.45, 7) is 2.02. The van der Waals surface area contributed by atoms with Gasteiger partial charge in [-0.2, -0.15) is 0 Å². The first-order valence-corrected chi connectivity index (χ1v) is 4.14. The summed E-state index contributed by atoms with van der Waals surface area (Å²) in [4.78, 5) is 1.29. The van der Waals surface area contributed by atoms with Crippen LogP contribution in [0, 0.1) is 0 Å². The van der Waals surface area contributed by atoms with E-state index in [0.29, 0.717) is 0 Å². The molecule has 0 radical (unpaired) electrons. The van der Waals surface area contributed by atoms with Crippen LogP contribution in [-0.4, -0.2) is 0 Å². The Balaban J connectivity index is 2.59. The first-order valence-electron chi connectivity index (χ1n) is 3.26. The third-order valence-corrected chi connectivity index (χ3v) is 2.04. The molecule has 0 aliphatic heterocycles. The van der Waals surface area contributed by atoms with Gasteiger partial charge in [0.15, 0.2) is 0 Å². The van der Waals surface area contributed by atoms with Gasteiger partial charge in [0.05, 0.1) is 0 Å². The van der Waals surface area contributed by atoms with Crippen molar-refractivity contribution < 1.29 is 0 Å². The van der Waals surface area contributed by atoms with Gasteiger partial charge in [-0.05, 0) is 24.5 Å². The molecule has 0 unspecified atom stereocenters. The molecule has 0 aromatic heterocycles. The molecule has 0 fully saturated rings. The van der Waals surface area contributed by atoms with E-state index in [1.807, 2.05) is 31.2 Å². The van der Waals surface area contributed by atoms with Crippen LogP contribution in [0.4, 0.5) is 0 Å². The van der Waals surface area contributed by atoms with Crippen LogP contribution in [0.1, 0.15) is 6.92 Å². The lowest BCUT2D eigenvalue weighted by Crippen LogP contribution is -1.63. The molecule has 1 aromatic carbocycles. The maximum Gasteiger partial charge on any atom is 0.0116 e. The molecule has 0 bridgehead atoms. The van der Waals surface area contributed by atoms with Crippen LogP contribution in [0.3, 0.4) is 0 Å². The minimum atomic E-state index is 1.29. The molecule has 1 heteroatoms. The number of benzene rings is 1. The van der Waals surface area contributed by atoms with E-state index < -0.39 is 0 Å². The predicted molar refractivity (Wildman–Crippen MR) is 47.1 cm³/mol. The van der Waals surface area contributed by atoms with Crippen LogP contribution in [0.2, 0.25) is 0 Å². The topological polar surface area (TPSA) is 0 Å². The second-order valence-corrected chi connectivity index (χ2v) is 2.88. The Morgan fingerprint density at radius 3 is 2.50 bits per heavy atom. The molecular weight excluding hydrogens is 140 g/mol. The van der Waals surface area contributed by atoms with Crippen molar-refractivity contribution in [2.75, 3.05) is 0 Å². The Labute approximate surface area is 66.0 Å². The Morgan fingerprint density at radius 2 is 1.90 bits per heavy atom. The van der Waals surface area contributed by atoms with Crippen molar-refractivity contribution in [3.05, 3.63) is 41.8 Å². The number of thioether (sulfide) groups is 1. The van der Waals surface area contributed by atoms with E-state index in [2.05, 4.69) is 17.5 Å². The van der Waals surface area contributed by atoms with E-state index in [-0.39, 0.29) is 0 Å². The van der Waals surface area contributed by atoms with E-state index >= 15 is 0 Å². The average molecular weight is 150 g/mol. The molecule has 1 rings (SSSR count). The van der Waals surface area contributed by atoms with Crippen molar-refractivity contribution in [3.8, 4) is 0 Å². The number of rotatable bonds is 2. The zero-order valence-corrected chi connectivity index (χ0v) is 6.77. The van der Waals surface area contributed by atoms with Gasteiger partial charge in [-0.15, -0.1) is 0 Å². The van der Waals surface area contributed by atoms with Crippen molar-refractivity contribution in [1.82, 2.24) is 0 Å². The molecular formula is C9H10S. The Morgan fingerprint density at radius 1 is 1.20 bits per heavy atom. The van der Waals surface area contributed by atoms with Gasteiger partial charge in [0.25, 0.3) is 0 Å². The normalized spacial score (nSPS) is 10.5. The lowest BCUT2D eigenvalue weighted by molar-refractivity contribution is 1.47. The van der Waals surface area contributed by atoms with E-state index in [1.165, 1.54) is 4.90 Å². The van der Waals surface area contributed by atoms with Gasteiger partial charge >= 0.3 is 0 Å². The predicted octanol–water partition coefficient (Wildman–Crippen LogP) is 3.31. The van der Waals surface area contributed by atoms with Crippen LogP contribution in [0.15, 0.2) is 46.7 Å². The van der Waals surface area contributed by atoms with Crippen molar-refractivity contribution in [2.24, 2.45) is 0 Å². The molecule has 0 aliphatic carbocycles. The fourth-order valence-electron chi connectivity index (χ4n) is 0.646. The van der Waals surface area contributed by atoms with Crippen molar-refractivity contribution >= 4 is 11.8 Å². The molecule has 0 amide bonds. The van der Waals surface area contributed by atoms with E-state index in [0.717, 1.165) is 0 Å². The van der Waals surface area contributed by atoms with Gasteiger partial charge in [0.1, 0.15) is 0 Å². The third-order valence-electron chi connectivity index (χ3n) is 1.08. The Bertz CT molecular complexity index is 201. The lowest BCUT2D eigenvalue weighted by atomic mass is 10.4. The van der Waals surface area contributed by atoms with E-state index in [4.69, 9.17) is 0 Å². The first kappa shape index (κ1) is 7.42. The summed E-state index contributed by atoms with van der Waals surface area (Å²) >= 11 is 1.74. The van der Waals surface area contributed by atoms with Gasteiger partial charge < -0.3 is 0 Å². The van der Waals surface area contributed by atoms with Crippen molar-refractivity contribution in [1.29, 1.82) is 0 Å². The van der Waals surface area contributed by atoms with Crippen LogP contribution < -0.4 is 0 Å². The largest absolute Gasteiger partial charge is 0.0984 e. The highest BCUT2D eigenvalue weighted by Gasteiger charge is 1.83. The zero-order chi connectivity index (χ0) is 7.23. The van der Waals surface area contributed by atoms with Gasteiger partial charge in [0, 0.05) is 4.90 Å². The van der Waals surface area contributed by atoms with E-state index in [1.54, 1.807) is 11.8 Å². The maximum absolute atomic E-state index is 2.10. The highest BCUT2D eigenvalue weighted by Crippen LogP contribution is 2.17. The van der Waals surface area contributed by atoms with Crippen molar-refractivity contribution in [3.63, 3.8) is 0 Å². The summed E-state index contributed by atoms with van der Waals surface area (Å²) in [7, 11) is 0. The van der Waals surface area contributed by atoms with Crippen molar-refractivity contribution in [2.45, 2.75) is 11.8 Å². The second-order valence-electron chi connectivity index (χ2n) is 1.90. The Hall–Kier alpha value is -0.690. The standard InChI is InChI=1S/C9H10S/c1-2-8-10-9-6-4-3-5-7-9/h2-8H,1H3/b8-2+. The van der Waals surface area contributed by atoms with Crippen LogP contribution in [0.25, 0.3) is 0 Å². The summed E-state index contributed by atoms with van der Waals surface area (Å²) in [5.41, 5.74) is 0. The zero-order valence-electron chi connectivity index (χ0n) is 5.95. The number of hydrogen-bond donors (Lipinski definition) is 0. The van der Waals surface area contributed by atoms with Gasteiger partial charge in [-0.3, -0.25) is 0 Å². The molecule has 0 nitrogen and oxygen atoms in total. The third kappa shape index (κ3) is 2.28. The molecule has 0 heterocycles. The molecule has 0 saturated carbocycles. The molecule has 1 aromatic rings. The minimum absolute atomic E-state index is 1.29. The average Bonchev–Trinajstić information content (AvgIpc) is 2.03. The summed E-state index contributed by atoms with van der Waals surface area (Å²) in [6, 6.07) is 10.3. The molecule has 0 saturated heterocycles. The van der Waals surface area contributed by atoms with Gasteiger partial charge in [0.2, 0.25) is 0 Å². The quantitative estimate of drug-likeness (QED) is 0.583. The summed E-state index contributed by atoms with van der Waals surface area (Å²) in [5.74, 6) is 0. The van der Waals surface area contributed by atoms with Gasteiger partial charge in [-0.1, -0.05) is 36.0 Å². The highest BCUT2D eigenvalue weighted by atomic mass is 32.2. The number of hydrogen-bond acceptors (Lipinski definition) is 1. The molecule has 0 atom stereocenters. The summed E-state index contributed by atoms with van der Waals surface area (Å²) < 4.78 is 0. The molecule has 10 heavy (non-hydrogen) atoms. The maximum atomic E-state index is 2.10. The summed E-state index contributed by atoms with van der Waals surface area (Å²) in [6.07, 6.45) is 2.04. The van der Waals surface area contributed by atoms with E-state index in [9.17, 15) is 0 Å².